The number of hydrogen-bond donors (Lipinski definition) is 2. The average molecular weight is 176 g/mol. The van der Waals surface area contributed by atoms with Gasteiger partial charge in [0, 0.05) is 6.04 Å². The quantitative estimate of drug-likeness (QED) is 0.680. The Hall–Kier alpha value is -1.18. The minimum Gasteiger partial charge on any atom is -0.397 e. The van der Waals surface area contributed by atoms with Gasteiger partial charge in [0.1, 0.15) is 0 Å². The molecule has 0 saturated heterocycles. The normalized spacial score (nSPS) is 17.5. The maximum absolute atomic E-state index is 5.84. The lowest BCUT2D eigenvalue weighted by atomic mass is 10.2. The highest BCUT2D eigenvalue weighted by atomic mass is 14.9. The third-order valence-corrected chi connectivity index (χ3v) is 2.68. The van der Waals surface area contributed by atoms with Crippen LogP contribution in [0.25, 0.3) is 0 Å². The summed E-state index contributed by atoms with van der Waals surface area (Å²) in [5, 5.41) is 3.48. The zero-order valence-corrected chi connectivity index (χ0v) is 7.79. The summed E-state index contributed by atoms with van der Waals surface area (Å²) >= 11 is 0. The van der Waals surface area contributed by atoms with Crippen molar-refractivity contribution in [3.05, 3.63) is 24.3 Å². The summed E-state index contributed by atoms with van der Waals surface area (Å²) in [6.45, 7) is 0. The van der Waals surface area contributed by atoms with Gasteiger partial charge in [0.05, 0.1) is 11.4 Å². The fourth-order valence-electron chi connectivity index (χ4n) is 1.92. The first kappa shape index (κ1) is 8.42. The molecule has 2 rings (SSSR count). The molecule has 0 heterocycles. The van der Waals surface area contributed by atoms with E-state index in [1.165, 1.54) is 25.7 Å². The zero-order chi connectivity index (χ0) is 9.10. The molecule has 0 unspecified atom stereocenters. The number of rotatable bonds is 2. The van der Waals surface area contributed by atoms with E-state index in [1.807, 2.05) is 24.3 Å². The molecule has 0 aliphatic heterocycles. The fourth-order valence-corrected chi connectivity index (χ4v) is 1.92. The van der Waals surface area contributed by atoms with Crippen LogP contribution in [-0.2, 0) is 0 Å². The van der Waals surface area contributed by atoms with Crippen LogP contribution in [-0.4, -0.2) is 6.04 Å². The van der Waals surface area contributed by atoms with Gasteiger partial charge in [0.15, 0.2) is 0 Å². The van der Waals surface area contributed by atoms with Crippen molar-refractivity contribution in [3.8, 4) is 0 Å². The van der Waals surface area contributed by atoms with Gasteiger partial charge < -0.3 is 11.1 Å². The van der Waals surface area contributed by atoms with Crippen LogP contribution in [0.3, 0.4) is 0 Å². The van der Waals surface area contributed by atoms with E-state index >= 15 is 0 Å². The van der Waals surface area contributed by atoms with Crippen LogP contribution in [0.2, 0.25) is 0 Å². The molecule has 13 heavy (non-hydrogen) atoms. The maximum atomic E-state index is 5.84. The lowest BCUT2D eigenvalue weighted by Crippen LogP contribution is -2.15. The van der Waals surface area contributed by atoms with Crippen molar-refractivity contribution in [2.75, 3.05) is 11.1 Å². The van der Waals surface area contributed by atoms with E-state index in [1.54, 1.807) is 0 Å². The minimum absolute atomic E-state index is 0.643. The summed E-state index contributed by atoms with van der Waals surface area (Å²) in [6, 6.07) is 8.62. The van der Waals surface area contributed by atoms with Gasteiger partial charge in [-0.3, -0.25) is 0 Å². The number of nitrogens with two attached hydrogens (primary N) is 1. The SMILES string of the molecule is Nc1ccccc1NC1CCCC1. The summed E-state index contributed by atoms with van der Waals surface area (Å²) in [7, 11) is 0. The van der Waals surface area contributed by atoms with E-state index in [2.05, 4.69) is 5.32 Å². The summed E-state index contributed by atoms with van der Waals surface area (Å²) in [6.07, 6.45) is 5.28. The van der Waals surface area contributed by atoms with Crippen molar-refractivity contribution in [2.24, 2.45) is 0 Å². The molecule has 0 radical (unpaired) electrons. The van der Waals surface area contributed by atoms with Crippen LogP contribution in [0.15, 0.2) is 24.3 Å². The summed E-state index contributed by atoms with van der Waals surface area (Å²) in [5.74, 6) is 0. The van der Waals surface area contributed by atoms with Gasteiger partial charge in [-0.25, -0.2) is 0 Å². The Morgan fingerprint density at radius 1 is 1.15 bits per heavy atom. The molecular weight excluding hydrogens is 160 g/mol. The number of benzene rings is 1. The molecule has 0 aromatic heterocycles. The Kier molecular flexibility index (Phi) is 2.39. The molecule has 0 spiro atoms. The smallest absolute Gasteiger partial charge is 0.0576 e. The minimum atomic E-state index is 0.643. The fraction of sp³-hybridized carbons (Fsp3) is 0.455. The van der Waals surface area contributed by atoms with Crippen LogP contribution in [0.1, 0.15) is 25.7 Å². The first-order valence-corrected chi connectivity index (χ1v) is 4.97. The van der Waals surface area contributed by atoms with Gasteiger partial charge in [-0.15, -0.1) is 0 Å². The number of nitrogen functional groups attached to an aromatic ring is 1. The van der Waals surface area contributed by atoms with E-state index in [4.69, 9.17) is 5.73 Å². The molecule has 1 aliphatic carbocycles. The molecule has 1 saturated carbocycles. The lowest BCUT2D eigenvalue weighted by molar-refractivity contribution is 0.756. The summed E-state index contributed by atoms with van der Waals surface area (Å²) in [4.78, 5) is 0. The van der Waals surface area contributed by atoms with Gasteiger partial charge in [-0.1, -0.05) is 25.0 Å². The van der Waals surface area contributed by atoms with Crippen molar-refractivity contribution < 1.29 is 0 Å². The molecule has 1 aromatic carbocycles. The van der Waals surface area contributed by atoms with Crippen LogP contribution < -0.4 is 11.1 Å². The third-order valence-electron chi connectivity index (χ3n) is 2.68. The highest BCUT2D eigenvalue weighted by Crippen LogP contribution is 2.25. The van der Waals surface area contributed by atoms with E-state index < -0.39 is 0 Å². The predicted octanol–water partition coefficient (Wildman–Crippen LogP) is 2.62. The van der Waals surface area contributed by atoms with Gasteiger partial charge >= 0.3 is 0 Å². The largest absolute Gasteiger partial charge is 0.397 e. The maximum Gasteiger partial charge on any atom is 0.0576 e. The molecule has 0 bridgehead atoms. The second-order valence-electron chi connectivity index (χ2n) is 3.71. The summed E-state index contributed by atoms with van der Waals surface area (Å²) in [5.41, 5.74) is 7.78. The molecule has 2 nitrogen and oxygen atoms in total. The molecular formula is C11H16N2. The van der Waals surface area contributed by atoms with Gasteiger partial charge in [-0.05, 0) is 25.0 Å². The third kappa shape index (κ3) is 1.94. The van der Waals surface area contributed by atoms with Gasteiger partial charge in [0.25, 0.3) is 0 Å². The first-order valence-electron chi connectivity index (χ1n) is 4.97. The monoisotopic (exact) mass is 176 g/mol. The Morgan fingerprint density at radius 3 is 2.54 bits per heavy atom. The van der Waals surface area contributed by atoms with Crippen LogP contribution in [0.4, 0.5) is 11.4 Å². The van der Waals surface area contributed by atoms with Crippen LogP contribution in [0.5, 0.6) is 0 Å². The lowest BCUT2D eigenvalue weighted by Gasteiger charge is -2.14. The van der Waals surface area contributed by atoms with Crippen molar-refractivity contribution in [1.82, 2.24) is 0 Å². The van der Waals surface area contributed by atoms with Crippen LogP contribution in [0, 0.1) is 0 Å². The first-order chi connectivity index (χ1) is 6.36. The number of anilines is 2. The van der Waals surface area contributed by atoms with Crippen LogP contribution >= 0.6 is 0 Å². The predicted molar refractivity (Wildman–Crippen MR) is 56.7 cm³/mol. The Labute approximate surface area is 79.1 Å². The highest BCUT2D eigenvalue weighted by Gasteiger charge is 2.14. The number of para-hydroxylation sites is 2. The van der Waals surface area contributed by atoms with Crippen molar-refractivity contribution >= 4 is 11.4 Å². The van der Waals surface area contributed by atoms with E-state index in [-0.39, 0.29) is 0 Å². The van der Waals surface area contributed by atoms with Crippen molar-refractivity contribution in [2.45, 2.75) is 31.7 Å². The molecule has 1 aromatic rings. The number of nitrogens with one attached hydrogen (secondary N) is 1. The Balaban J connectivity index is 2.04. The second kappa shape index (κ2) is 3.69. The molecule has 1 aliphatic rings. The van der Waals surface area contributed by atoms with Gasteiger partial charge in [-0.2, -0.15) is 0 Å². The molecule has 3 N–H and O–H groups in total. The molecule has 2 heteroatoms. The Bertz CT molecular complexity index is 277. The number of hydrogen-bond acceptors (Lipinski definition) is 2. The molecule has 0 atom stereocenters. The second-order valence-corrected chi connectivity index (χ2v) is 3.71. The molecule has 0 amide bonds. The topological polar surface area (TPSA) is 38.0 Å². The van der Waals surface area contributed by atoms with E-state index in [9.17, 15) is 0 Å². The van der Waals surface area contributed by atoms with Crippen molar-refractivity contribution in [3.63, 3.8) is 0 Å². The van der Waals surface area contributed by atoms with Crippen molar-refractivity contribution in [1.29, 1.82) is 0 Å². The Morgan fingerprint density at radius 2 is 1.85 bits per heavy atom. The standard InChI is InChI=1S/C11H16N2/c12-10-7-3-4-8-11(10)13-9-5-1-2-6-9/h3-4,7-9,13H,1-2,5-6,12H2. The van der Waals surface area contributed by atoms with E-state index in [0.717, 1.165) is 11.4 Å². The highest BCUT2D eigenvalue weighted by molar-refractivity contribution is 5.65. The van der Waals surface area contributed by atoms with E-state index in [0.29, 0.717) is 6.04 Å². The average Bonchev–Trinajstić information content (AvgIpc) is 2.61. The molecule has 70 valence electrons. The summed E-state index contributed by atoms with van der Waals surface area (Å²) < 4.78 is 0. The molecule has 1 fully saturated rings. The van der Waals surface area contributed by atoms with Gasteiger partial charge in [0.2, 0.25) is 0 Å². The zero-order valence-electron chi connectivity index (χ0n) is 7.79.